The van der Waals surface area contributed by atoms with Gasteiger partial charge in [-0.05, 0) is 11.6 Å². The van der Waals surface area contributed by atoms with Crippen molar-refractivity contribution < 1.29 is 9.59 Å². The van der Waals surface area contributed by atoms with E-state index >= 15 is 0 Å². The summed E-state index contributed by atoms with van der Waals surface area (Å²) >= 11 is 6.06. The molecule has 5 nitrogen and oxygen atoms in total. The summed E-state index contributed by atoms with van der Waals surface area (Å²) < 4.78 is 0. The van der Waals surface area contributed by atoms with Gasteiger partial charge < -0.3 is 10.6 Å². The zero-order chi connectivity index (χ0) is 14.5. The van der Waals surface area contributed by atoms with Crippen molar-refractivity contribution in [2.75, 3.05) is 32.7 Å². The van der Waals surface area contributed by atoms with Crippen LogP contribution in [0, 0.1) is 0 Å². The SMILES string of the molecule is NC(=O)CN1CCN(C(=O)Cc2ccccc2Cl)CC1. The highest BCUT2D eigenvalue weighted by molar-refractivity contribution is 6.31. The number of primary amides is 1. The molecule has 0 aliphatic carbocycles. The summed E-state index contributed by atoms with van der Waals surface area (Å²) in [5, 5.41) is 0.619. The van der Waals surface area contributed by atoms with Crippen LogP contribution in [0.25, 0.3) is 0 Å². The Bertz CT molecular complexity index is 499. The van der Waals surface area contributed by atoms with Gasteiger partial charge in [-0.2, -0.15) is 0 Å². The van der Waals surface area contributed by atoms with E-state index in [9.17, 15) is 9.59 Å². The molecular formula is C14H18ClN3O2. The third-order valence-corrected chi connectivity index (χ3v) is 3.77. The highest BCUT2D eigenvalue weighted by Crippen LogP contribution is 2.16. The molecule has 0 bridgehead atoms. The van der Waals surface area contributed by atoms with E-state index in [4.69, 9.17) is 17.3 Å². The number of nitrogens with two attached hydrogens (primary N) is 1. The summed E-state index contributed by atoms with van der Waals surface area (Å²) in [5.74, 6) is -0.266. The van der Waals surface area contributed by atoms with E-state index < -0.39 is 0 Å². The van der Waals surface area contributed by atoms with Crippen LogP contribution in [0.15, 0.2) is 24.3 Å². The van der Waals surface area contributed by atoms with Crippen LogP contribution in [-0.2, 0) is 16.0 Å². The van der Waals surface area contributed by atoms with Gasteiger partial charge in [-0.25, -0.2) is 0 Å². The monoisotopic (exact) mass is 295 g/mol. The van der Waals surface area contributed by atoms with Crippen LogP contribution in [0.5, 0.6) is 0 Å². The van der Waals surface area contributed by atoms with Gasteiger partial charge in [-0.15, -0.1) is 0 Å². The largest absolute Gasteiger partial charge is 0.369 e. The summed E-state index contributed by atoms with van der Waals surface area (Å²) in [6.45, 7) is 2.86. The lowest BCUT2D eigenvalue weighted by atomic mass is 10.1. The Balaban J connectivity index is 1.86. The van der Waals surface area contributed by atoms with E-state index in [2.05, 4.69) is 0 Å². The smallest absolute Gasteiger partial charge is 0.231 e. The first-order valence-corrected chi connectivity index (χ1v) is 6.96. The fraction of sp³-hybridized carbons (Fsp3) is 0.429. The van der Waals surface area contributed by atoms with Gasteiger partial charge in [0.15, 0.2) is 0 Å². The minimum atomic E-state index is -0.333. The van der Waals surface area contributed by atoms with E-state index in [1.807, 2.05) is 23.1 Å². The van der Waals surface area contributed by atoms with Crippen LogP contribution in [0.4, 0.5) is 0 Å². The molecule has 6 heteroatoms. The second-order valence-corrected chi connectivity index (χ2v) is 5.30. The average Bonchev–Trinajstić information content (AvgIpc) is 2.41. The molecule has 2 amide bonds. The van der Waals surface area contributed by atoms with E-state index in [0.717, 1.165) is 5.56 Å². The molecule has 1 aliphatic rings. The number of carbonyl (C=O) groups excluding carboxylic acids is 2. The van der Waals surface area contributed by atoms with E-state index in [0.29, 0.717) is 37.6 Å². The lowest BCUT2D eigenvalue weighted by Gasteiger charge is -2.34. The fourth-order valence-electron chi connectivity index (χ4n) is 2.29. The molecule has 1 fully saturated rings. The molecule has 0 atom stereocenters. The molecule has 20 heavy (non-hydrogen) atoms. The molecular weight excluding hydrogens is 278 g/mol. The maximum absolute atomic E-state index is 12.2. The van der Waals surface area contributed by atoms with Crippen LogP contribution in [0.1, 0.15) is 5.56 Å². The number of hydrogen-bond acceptors (Lipinski definition) is 3. The van der Waals surface area contributed by atoms with Gasteiger partial charge in [0, 0.05) is 31.2 Å². The van der Waals surface area contributed by atoms with Crippen LogP contribution in [0.2, 0.25) is 5.02 Å². The predicted octanol–water partition coefficient (Wildman–Crippen LogP) is 0.512. The minimum absolute atomic E-state index is 0.0665. The van der Waals surface area contributed by atoms with Crippen molar-refractivity contribution in [1.29, 1.82) is 0 Å². The molecule has 1 saturated heterocycles. The molecule has 0 saturated carbocycles. The van der Waals surface area contributed by atoms with Gasteiger partial charge >= 0.3 is 0 Å². The third-order valence-electron chi connectivity index (χ3n) is 3.40. The Morgan fingerprint density at radius 2 is 1.80 bits per heavy atom. The number of nitrogens with zero attached hydrogens (tertiary/aromatic N) is 2. The quantitative estimate of drug-likeness (QED) is 0.880. The molecule has 0 aromatic heterocycles. The van der Waals surface area contributed by atoms with E-state index in [1.54, 1.807) is 11.0 Å². The van der Waals surface area contributed by atoms with Crippen molar-refractivity contribution in [3.05, 3.63) is 34.9 Å². The van der Waals surface area contributed by atoms with Gasteiger partial charge in [0.1, 0.15) is 0 Å². The Morgan fingerprint density at radius 3 is 2.40 bits per heavy atom. The first kappa shape index (κ1) is 14.8. The predicted molar refractivity (Wildman–Crippen MR) is 77.4 cm³/mol. The molecule has 0 spiro atoms. The Labute approximate surface area is 123 Å². The number of amides is 2. The summed E-state index contributed by atoms with van der Waals surface area (Å²) in [4.78, 5) is 26.8. The second-order valence-electron chi connectivity index (χ2n) is 4.89. The van der Waals surface area contributed by atoms with Crippen molar-refractivity contribution >= 4 is 23.4 Å². The van der Waals surface area contributed by atoms with Crippen LogP contribution in [-0.4, -0.2) is 54.3 Å². The highest BCUT2D eigenvalue weighted by atomic mass is 35.5. The molecule has 1 aliphatic heterocycles. The molecule has 108 valence electrons. The summed E-state index contributed by atoms with van der Waals surface area (Å²) in [6, 6.07) is 7.37. The van der Waals surface area contributed by atoms with Gasteiger partial charge in [-0.3, -0.25) is 14.5 Å². The average molecular weight is 296 g/mol. The molecule has 1 aromatic rings. The van der Waals surface area contributed by atoms with Crippen LogP contribution >= 0.6 is 11.6 Å². The maximum Gasteiger partial charge on any atom is 0.231 e. The second kappa shape index (κ2) is 6.72. The van der Waals surface area contributed by atoms with Gasteiger partial charge in [0.25, 0.3) is 0 Å². The number of rotatable bonds is 4. The Hall–Kier alpha value is -1.59. The van der Waals surface area contributed by atoms with Gasteiger partial charge in [-0.1, -0.05) is 29.8 Å². The molecule has 2 N–H and O–H groups in total. The fourth-order valence-corrected chi connectivity index (χ4v) is 2.49. The summed E-state index contributed by atoms with van der Waals surface area (Å²) in [5.41, 5.74) is 6.01. The zero-order valence-corrected chi connectivity index (χ0v) is 12.0. The normalized spacial score (nSPS) is 16.1. The number of carbonyl (C=O) groups is 2. The molecule has 0 unspecified atom stereocenters. The van der Waals surface area contributed by atoms with Crippen molar-refractivity contribution in [3.8, 4) is 0 Å². The Morgan fingerprint density at radius 1 is 1.15 bits per heavy atom. The van der Waals surface area contributed by atoms with Gasteiger partial charge in [0.2, 0.25) is 11.8 Å². The number of piperazine rings is 1. The standard InChI is InChI=1S/C14H18ClN3O2/c15-12-4-2-1-3-11(12)9-14(20)18-7-5-17(6-8-18)10-13(16)19/h1-4H,5-10H2,(H2,16,19). The van der Waals surface area contributed by atoms with Crippen LogP contribution in [0.3, 0.4) is 0 Å². The van der Waals surface area contributed by atoms with Crippen molar-refractivity contribution in [2.45, 2.75) is 6.42 Å². The Kier molecular flexibility index (Phi) is 4.98. The first-order chi connectivity index (χ1) is 9.56. The van der Waals surface area contributed by atoms with E-state index in [1.165, 1.54) is 0 Å². The lowest BCUT2D eigenvalue weighted by molar-refractivity contribution is -0.132. The summed E-state index contributed by atoms with van der Waals surface area (Å²) in [7, 11) is 0. The van der Waals surface area contributed by atoms with Gasteiger partial charge in [0.05, 0.1) is 13.0 Å². The number of halogens is 1. The lowest BCUT2D eigenvalue weighted by Crippen LogP contribution is -2.51. The molecule has 1 aromatic carbocycles. The number of hydrogen-bond donors (Lipinski definition) is 1. The highest BCUT2D eigenvalue weighted by Gasteiger charge is 2.22. The molecule has 2 rings (SSSR count). The first-order valence-electron chi connectivity index (χ1n) is 6.58. The minimum Gasteiger partial charge on any atom is -0.369 e. The van der Waals surface area contributed by atoms with Crippen LogP contribution < -0.4 is 5.73 Å². The zero-order valence-electron chi connectivity index (χ0n) is 11.2. The maximum atomic E-state index is 12.2. The topological polar surface area (TPSA) is 66.6 Å². The van der Waals surface area contributed by atoms with E-state index in [-0.39, 0.29) is 18.4 Å². The molecule has 1 heterocycles. The van der Waals surface area contributed by atoms with Crippen molar-refractivity contribution in [2.24, 2.45) is 5.73 Å². The number of benzene rings is 1. The molecule has 0 radical (unpaired) electrons. The third kappa shape index (κ3) is 3.95. The van der Waals surface area contributed by atoms with Crippen molar-refractivity contribution in [1.82, 2.24) is 9.80 Å². The summed E-state index contributed by atoms with van der Waals surface area (Å²) in [6.07, 6.45) is 0.315. The van der Waals surface area contributed by atoms with Crippen molar-refractivity contribution in [3.63, 3.8) is 0 Å².